The minimum absolute atomic E-state index is 0.0449. The van der Waals surface area contributed by atoms with Crippen LogP contribution in [-0.2, 0) is 4.79 Å². The van der Waals surface area contributed by atoms with Crippen molar-refractivity contribution < 1.29 is 23.2 Å². The van der Waals surface area contributed by atoms with E-state index in [9.17, 15) is 23.2 Å². The average Bonchev–Trinajstić information content (AvgIpc) is 2.91. The third-order valence-corrected chi connectivity index (χ3v) is 5.10. The maximum Gasteiger partial charge on any atom is 0.293 e. The molecule has 0 aliphatic carbocycles. The zero-order valence-electron chi connectivity index (χ0n) is 14.2. The van der Waals surface area contributed by atoms with Crippen molar-refractivity contribution in [2.24, 2.45) is 0 Å². The lowest BCUT2D eigenvalue weighted by atomic mass is 10.2. The maximum atomic E-state index is 13.7. The van der Waals surface area contributed by atoms with Crippen molar-refractivity contribution in [2.45, 2.75) is 0 Å². The van der Waals surface area contributed by atoms with Crippen LogP contribution >= 0.6 is 23.4 Å². The molecule has 2 aromatic carbocycles. The molecule has 1 N–H and O–H groups in total. The molecule has 1 aliphatic heterocycles. The number of amides is 3. The van der Waals surface area contributed by atoms with Gasteiger partial charge < -0.3 is 5.32 Å². The second kappa shape index (κ2) is 8.53. The lowest BCUT2D eigenvalue weighted by Crippen LogP contribution is -2.37. The van der Waals surface area contributed by atoms with Crippen molar-refractivity contribution in [3.8, 4) is 0 Å². The number of carbonyl (C=O) groups excluding carboxylic acids is 3. The SMILES string of the molecule is O=C(NCCN1C(=O)S/C(=C\c2ccccc2F)C1=O)c1c(F)cccc1Cl. The van der Waals surface area contributed by atoms with Crippen molar-refractivity contribution in [1.29, 1.82) is 0 Å². The first kappa shape index (κ1) is 20.0. The fraction of sp³-hybridized carbons (Fsp3) is 0.105. The number of imide groups is 1. The molecule has 0 radical (unpaired) electrons. The van der Waals surface area contributed by atoms with Gasteiger partial charge in [0.1, 0.15) is 11.6 Å². The maximum absolute atomic E-state index is 13.7. The van der Waals surface area contributed by atoms with E-state index >= 15 is 0 Å². The van der Waals surface area contributed by atoms with Gasteiger partial charge in [-0.15, -0.1) is 0 Å². The summed E-state index contributed by atoms with van der Waals surface area (Å²) >= 11 is 6.51. The summed E-state index contributed by atoms with van der Waals surface area (Å²) in [5.41, 5.74) is -0.117. The number of halogens is 3. The topological polar surface area (TPSA) is 66.5 Å². The minimum Gasteiger partial charge on any atom is -0.350 e. The summed E-state index contributed by atoms with van der Waals surface area (Å²) in [4.78, 5) is 37.5. The van der Waals surface area contributed by atoms with Crippen LogP contribution in [0.1, 0.15) is 15.9 Å². The molecular weight excluding hydrogens is 410 g/mol. The first-order valence-electron chi connectivity index (χ1n) is 8.10. The Morgan fingerprint density at radius 1 is 1.11 bits per heavy atom. The second-order valence-corrected chi connectivity index (χ2v) is 7.11. The van der Waals surface area contributed by atoms with Crippen molar-refractivity contribution in [2.75, 3.05) is 13.1 Å². The van der Waals surface area contributed by atoms with Gasteiger partial charge in [0, 0.05) is 18.7 Å². The second-order valence-electron chi connectivity index (χ2n) is 5.71. The third kappa shape index (κ3) is 4.23. The summed E-state index contributed by atoms with van der Waals surface area (Å²) in [6.45, 7) is -0.203. The van der Waals surface area contributed by atoms with Gasteiger partial charge in [-0.05, 0) is 36.0 Å². The fourth-order valence-electron chi connectivity index (χ4n) is 2.51. The van der Waals surface area contributed by atoms with Gasteiger partial charge in [0.05, 0.1) is 15.5 Å². The Kier molecular flexibility index (Phi) is 6.11. The van der Waals surface area contributed by atoms with Crippen LogP contribution in [0.5, 0.6) is 0 Å². The van der Waals surface area contributed by atoms with E-state index in [0.29, 0.717) is 11.8 Å². The van der Waals surface area contributed by atoms with Crippen LogP contribution in [-0.4, -0.2) is 35.0 Å². The van der Waals surface area contributed by atoms with Gasteiger partial charge in [-0.2, -0.15) is 0 Å². The summed E-state index contributed by atoms with van der Waals surface area (Å²) in [5.74, 6) is -2.62. The molecule has 0 bridgehead atoms. The lowest BCUT2D eigenvalue weighted by molar-refractivity contribution is -0.122. The van der Waals surface area contributed by atoms with Crippen molar-refractivity contribution >= 4 is 46.5 Å². The number of benzene rings is 2. The van der Waals surface area contributed by atoms with E-state index in [1.54, 1.807) is 6.07 Å². The highest BCUT2D eigenvalue weighted by Gasteiger charge is 2.34. The van der Waals surface area contributed by atoms with Gasteiger partial charge in [-0.3, -0.25) is 19.3 Å². The highest BCUT2D eigenvalue weighted by atomic mass is 35.5. The standard InChI is InChI=1S/C19H13ClF2N2O3S/c20-12-5-3-7-14(22)16(12)17(25)23-8-9-24-18(26)15(28-19(24)27)10-11-4-1-2-6-13(11)21/h1-7,10H,8-9H2,(H,23,25)/b15-10-. The van der Waals surface area contributed by atoms with Crippen LogP contribution in [0.4, 0.5) is 13.6 Å². The Morgan fingerprint density at radius 2 is 1.82 bits per heavy atom. The number of nitrogens with zero attached hydrogens (tertiary/aromatic N) is 1. The first-order chi connectivity index (χ1) is 13.4. The largest absolute Gasteiger partial charge is 0.350 e. The number of hydrogen-bond acceptors (Lipinski definition) is 4. The highest BCUT2D eigenvalue weighted by molar-refractivity contribution is 8.18. The molecule has 1 aliphatic rings. The van der Waals surface area contributed by atoms with Crippen LogP contribution in [0.25, 0.3) is 6.08 Å². The van der Waals surface area contributed by atoms with Gasteiger partial charge in [0.15, 0.2) is 0 Å². The van der Waals surface area contributed by atoms with E-state index in [0.717, 1.165) is 11.0 Å². The molecule has 28 heavy (non-hydrogen) atoms. The predicted molar refractivity (Wildman–Crippen MR) is 103 cm³/mol. The van der Waals surface area contributed by atoms with Gasteiger partial charge in [-0.25, -0.2) is 8.78 Å². The van der Waals surface area contributed by atoms with Gasteiger partial charge >= 0.3 is 0 Å². The number of nitrogens with one attached hydrogen (secondary N) is 1. The smallest absolute Gasteiger partial charge is 0.293 e. The van der Waals surface area contributed by atoms with Crippen molar-refractivity contribution in [3.63, 3.8) is 0 Å². The summed E-state index contributed by atoms with van der Waals surface area (Å²) in [6.07, 6.45) is 1.30. The molecule has 0 saturated carbocycles. The number of thioether (sulfide) groups is 1. The minimum atomic E-state index is -0.774. The monoisotopic (exact) mass is 422 g/mol. The molecule has 5 nitrogen and oxygen atoms in total. The molecule has 0 unspecified atom stereocenters. The lowest BCUT2D eigenvalue weighted by Gasteiger charge is -2.13. The van der Waals surface area contributed by atoms with E-state index in [1.165, 1.54) is 36.4 Å². The Bertz CT molecular complexity index is 977. The Balaban J connectivity index is 1.64. The zero-order chi connectivity index (χ0) is 20.3. The van der Waals surface area contributed by atoms with E-state index in [-0.39, 0.29) is 34.1 Å². The molecule has 2 aromatic rings. The van der Waals surface area contributed by atoms with E-state index in [2.05, 4.69) is 5.32 Å². The van der Waals surface area contributed by atoms with E-state index in [1.807, 2.05) is 0 Å². The van der Waals surface area contributed by atoms with Crippen LogP contribution < -0.4 is 5.32 Å². The fourth-order valence-corrected chi connectivity index (χ4v) is 3.62. The molecule has 1 saturated heterocycles. The first-order valence-corrected chi connectivity index (χ1v) is 9.30. The van der Waals surface area contributed by atoms with Gasteiger partial charge in [-0.1, -0.05) is 35.9 Å². The molecular formula is C19H13ClF2N2O3S. The highest BCUT2D eigenvalue weighted by Crippen LogP contribution is 2.32. The van der Waals surface area contributed by atoms with Gasteiger partial charge in [0.25, 0.3) is 17.1 Å². The average molecular weight is 423 g/mol. The predicted octanol–water partition coefficient (Wildman–Crippen LogP) is 4.08. The normalized spacial score (nSPS) is 15.4. The zero-order valence-corrected chi connectivity index (χ0v) is 15.8. The number of carbonyl (C=O) groups is 3. The Morgan fingerprint density at radius 3 is 2.54 bits per heavy atom. The Hall–Kier alpha value is -2.71. The van der Waals surface area contributed by atoms with E-state index < -0.39 is 28.7 Å². The van der Waals surface area contributed by atoms with Crippen molar-refractivity contribution in [3.05, 3.63) is 75.2 Å². The molecule has 0 spiro atoms. The van der Waals surface area contributed by atoms with Crippen LogP contribution in [0.2, 0.25) is 5.02 Å². The number of rotatable bonds is 5. The summed E-state index contributed by atoms with van der Waals surface area (Å²) in [5, 5.41) is 1.84. The molecule has 144 valence electrons. The van der Waals surface area contributed by atoms with Crippen LogP contribution in [0.15, 0.2) is 47.4 Å². The van der Waals surface area contributed by atoms with Crippen LogP contribution in [0.3, 0.4) is 0 Å². The summed E-state index contributed by atoms with van der Waals surface area (Å²) < 4.78 is 27.5. The van der Waals surface area contributed by atoms with Crippen LogP contribution in [0, 0.1) is 11.6 Å². The molecule has 9 heteroatoms. The quantitative estimate of drug-likeness (QED) is 0.737. The van der Waals surface area contributed by atoms with E-state index in [4.69, 9.17) is 11.6 Å². The molecule has 1 heterocycles. The van der Waals surface area contributed by atoms with Gasteiger partial charge in [0.2, 0.25) is 0 Å². The molecule has 3 amide bonds. The summed E-state index contributed by atoms with van der Waals surface area (Å²) in [6, 6.07) is 9.72. The Labute approximate surface area is 168 Å². The van der Waals surface area contributed by atoms with Crippen molar-refractivity contribution in [1.82, 2.24) is 10.2 Å². The molecule has 1 fully saturated rings. The molecule has 0 atom stereocenters. The molecule has 3 rings (SSSR count). The molecule has 0 aromatic heterocycles. The number of hydrogen-bond donors (Lipinski definition) is 1. The summed E-state index contributed by atoms with van der Waals surface area (Å²) in [7, 11) is 0. The third-order valence-electron chi connectivity index (χ3n) is 3.88.